The summed E-state index contributed by atoms with van der Waals surface area (Å²) in [5.41, 5.74) is 5.70. The van der Waals surface area contributed by atoms with Gasteiger partial charge in [-0.1, -0.05) is 56.3 Å². The quantitative estimate of drug-likeness (QED) is 0.522. The SMILES string of the molecule is Cc1ncn(C)c1-c1ccc(CNC(=O)C2CCCN2C(=O)C(C(C)C)N2Cc3ccccc3C2=O)cc1. The van der Waals surface area contributed by atoms with E-state index < -0.39 is 12.1 Å². The number of rotatable bonds is 7. The van der Waals surface area contributed by atoms with Gasteiger partial charge < -0.3 is 19.7 Å². The molecule has 1 N–H and O–H groups in total. The molecule has 2 atom stereocenters. The van der Waals surface area contributed by atoms with Crippen molar-refractivity contribution in [1.82, 2.24) is 24.7 Å². The lowest BCUT2D eigenvalue weighted by atomic mass is 10.0. The number of imidazole rings is 1. The first kappa shape index (κ1) is 25.7. The minimum Gasteiger partial charge on any atom is -0.350 e. The number of hydrogen-bond donors (Lipinski definition) is 1. The molecular formula is C30H35N5O3. The van der Waals surface area contributed by atoms with E-state index >= 15 is 0 Å². The van der Waals surface area contributed by atoms with E-state index in [-0.39, 0.29) is 23.6 Å². The first-order valence-electron chi connectivity index (χ1n) is 13.3. The van der Waals surface area contributed by atoms with Gasteiger partial charge in [0.15, 0.2) is 0 Å². The Kier molecular flexibility index (Phi) is 7.06. The van der Waals surface area contributed by atoms with Gasteiger partial charge >= 0.3 is 0 Å². The maximum Gasteiger partial charge on any atom is 0.255 e. The largest absolute Gasteiger partial charge is 0.350 e. The van der Waals surface area contributed by atoms with Crippen molar-refractivity contribution in [3.05, 3.63) is 77.2 Å². The number of nitrogens with one attached hydrogen (secondary N) is 1. The van der Waals surface area contributed by atoms with Crippen LogP contribution in [0.4, 0.5) is 0 Å². The minimum atomic E-state index is -0.605. The molecular weight excluding hydrogens is 478 g/mol. The topological polar surface area (TPSA) is 87.5 Å². The molecule has 1 fully saturated rings. The summed E-state index contributed by atoms with van der Waals surface area (Å²) in [5, 5.41) is 3.03. The monoisotopic (exact) mass is 513 g/mol. The number of aromatic nitrogens is 2. The number of benzene rings is 2. The molecule has 2 aliphatic rings. The number of likely N-dealkylation sites (tertiary alicyclic amines) is 1. The summed E-state index contributed by atoms with van der Waals surface area (Å²) in [7, 11) is 1.97. The highest BCUT2D eigenvalue weighted by atomic mass is 16.2. The Morgan fingerprint density at radius 2 is 1.84 bits per heavy atom. The van der Waals surface area contributed by atoms with Gasteiger partial charge in [0.2, 0.25) is 11.8 Å². The van der Waals surface area contributed by atoms with Crippen LogP contribution in [-0.4, -0.2) is 55.7 Å². The van der Waals surface area contributed by atoms with Gasteiger partial charge in [-0.2, -0.15) is 0 Å². The molecule has 0 spiro atoms. The summed E-state index contributed by atoms with van der Waals surface area (Å²) in [6.45, 7) is 7.23. The zero-order valence-electron chi connectivity index (χ0n) is 22.5. The summed E-state index contributed by atoms with van der Waals surface area (Å²) < 4.78 is 2.00. The molecule has 0 radical (unpaired) electrons. The predicted molar refractivity (Wildman–Crippen MR) is 145 cm³/mol. The van der Waals surface area contributed by atoms with Crippen molar-refractivity contribution < 1.29 is 14.4 Å². The van der Waals surface area contributed by atoms with Crippen LogP contribution in [0.3, 0.4) is 0 Å². The molecule has 3 aromatic rings. The molecule has 0 bridgehead atoms. The normalized spacial score (nSPS) is 17.7. The van der Waals surface area contributed by atoms with E-state index in [9.17, 15) is 14.4 Å². The maximum absolute atomic E-state index is 13.8. The fraction of sp³-hybridized carbons (Fsp3) is 0.400. The van der Waals surface area contributed by atoms with Crippen molar-refractivity contribution in [1.29, 1.82) is 0 Å². The number of carbonyl (C=O) groups is 3. The fourth-order valence-electron chi connectivity index (χ4n) is 5.80. The molecule has 1 saturated heterocycles. The molecule has 5 rings (SSSR count). The average molecular weight is 514 g/mol. The Balaban J connectivity index is 1.25. The third kappa shape index (κ3) is 4.71. The van der Waals surface area contributed by atoms with E-state index in [0.717, 1.165) is 34.5 Å². The molecule has 3 amide bonds. The summed E-state index contributed by atoms with van der Waals surface area (Å²) in [6, 6.07) is 14.5. The highest BCUT2D eigenvalue weighted by molar-refractivity contribution is 6.01. The first-order chi connectivity index (χ1) is 18.3. The van der Waals surface area contributed by atoms with Crippen LogP contribution in [0.2, 0.25) is 0 Å². The second kappa shape index (κ2) is 10.4. The van der Waals surface area contributed by atoms with E-state index in [4.69, 9.17) is 0 Å². The van der Waals surface area contributed by atoms with Crippen LogP contribution in [0.5, 0.6) is 0 Å². The van der Waals surface area contributed by atoms with Crippen LogP contribution < -0.4 is 5.32 Å². The van der Waals surface area contributed by atoms with Gasteiger partial charge in [-0.25, -0.2) is 4.98 Å². The molecule has 8 nitrogen and oxygen atoms in total. The Bertz CT molecular complexity index is 1340. The van der Waals surface area contributed by atoms with Crippen LogP contribution in [0, 0.1) is 12.8 Å². The maximum atomic E-state index is 13.8. The smallest absolute Gasteiger partial charge is 0.255 e. The van der Waals surface area contributed by atoms with Crippen LogP contribution in [0.25, 0.3) is 11.3 Å². The molecule has 1 aromatic heterocycles. The summed E-state index contributed by atoms with van der Waals surface area (Å²) >= 11 is 0. The van der Waals surface area contributed by atoms with Crippen LogP contribution in [0.1, 0.15) is 53.9 Å². The number of aryl methyl sites for hydroxylation is 2. The molecule has 38 heavy (non-hydrogen) atoms. The van der Waals surface area contributed by atoms with Gasteiger partial charge in [-0.3, -0.25) is 14.4 Å². The number of fused-ring (bicyclic) bond motifs is 1. The fourth-order valence-corrected chi connectivity index (χ4v) is 5.80. The number of nitrogens with zero attached hydrogens (tertiary/aromatic N) is 4. The number of hydrogen-bond acceptors (Lipinski definition) is 4. The van der Waals surface area contributed by atoms with Gasteiger partial charge in [0.25, 0.3) is 5.91 Å². The van der Waals surface area contributed by atoms with E-state index in [2.05, 4.69) is 10.3 Å². The molecule has 0 aliphatic carbocycles. The van der Waals surface area contributed by atoms with Gasteiger partial charge in [-0.05, 0) is 42.9 Å². The van der Waals surface area contributed by atoms with Gasteiger partial charge in [0, 0.05) is 37.8 Å². The van der Waals surface area contributed by atoms with Gasteiger partial charge in [0.05, 0.1) is 17.7 Å². The van der Waals surface area contributed by atoms with Crippen LogP contribution in [0.15, 0.2) is 54.9 Å². The van der Waals surface area contributed by atoms with Gasteiger partial charge in [-0.15, -0.1) is 0 Å². The standard InChI is InChI=1S/C30H35N5O3/c1-19(2)26(35-17-23-8-5-6-9-24(23)29(35)37)30(38)34-15-7-10-25(34)28(36)31-16-21-11-13-22(14-12-21)27-20(3)32-18-33(27)4/h5-6,8-9,11-14,18-19,25-26H,7,10,15-17H2,1-4H3,(H,31,36). The Hall–Kier alpha value is -3.94. The highest BCUT2D eigenvalue weighted by Crippen LogP contribution is 2.30. The molecule has 0 saturated carbocycles. The van der Waals surface area contributed by atoms with Crippen LogP contribution >= 0.6 is 0 Å². The zero-order valence-corrected chi connectivity index (χ0v) is 22.5. The molecule has 2 unspecified atom stereocenters. The van der Waals surface area contributed by atoms with E-state index in [0.29, 0.717) is 31.6 Å². The van der Waals surface area contributed by atoms with E-state index in [1.807, 2.05) is 80.9 Å². The van der Waals surface area contributed by atoms with Crippen molar-refractivity contribution in [2.24, 2.45) is 13.0 Å². The molecule has 8 heteroatoms. The van der Waals surface area contributed by atoms with E-state index in [1.54, 1.807) is 16.1 Å². The summed E-state index contributed by atoms with van der Waals surface area (Å²) in [6.07, 6.45) is 3.19. The second-order valence-electron chi connectivity index (χ2n) is 10.7. The third-order valence-electron chi connectivity index (χ3n) is 7.72. The third-order valence-corrected chi connectivity index (χ3v) is 7.72. The number of amides is 3. The Morgan fingerprint density at radius 3 is 2.50 bits per heavy atom. The lowest BCUT2D eigenvalue weighted by Crippen LogP contribution is -2.55. The molecule has 2 aromatic carbocycles. The molecule has 2 aliphatic heterocycles. The second-order valence-corrected chi connectivity index (χ2v) is 10.7. The zero-order chi connectivity index (χ0) is 27.0. The van der Waals surface area contributed by atoms with Crippen molar-refractivity contribution in [2.45, 2.75) is 58.8 Å². The van der Waals surface area contributed by atoms with Crippen molar-refractivity contribution >= 4 is 17.7 Å². The lowest BCUT2D eigenvalue weighted by Gasteiger charge is -2.35. The average Bonchev–Trinajstić information content (AvgIpc) is 3.61. The molecule has 3 heterocycles. The van der Waals surface area contributed by atoms with Crippen LogP contribution in [-0.2, 0) is 29.7 Å². The van der Waals surface area contributed by atoms with Crippen molar-refractivity contribution in [2.75, 3.05) is 6.54 Å². The summed E-state index contributed by atoms with van der Waals surface area (Å²) in [4.78, 5) is 47.9. The van der Waals surface area contributed by atoms with E-state index in [1.165, 1.54) is 0 Å². The Labute approximate surface area is 223 Å². The summed E-state index contributed by atoms with van der Waals surface area (Å²) in [5.74, 6) is -0.486. The Morgan fingerprint density at radius 1 is 1.11 bits per heavy atom. The van der Waals surface area contributed by atoms with Crippen molar-refractivity contribution in [3.8, 4) is 11.3 Å². The molecule has 198 valence electrons. The van der Waals surface area contributed by atoms with Gasteiger partial charge in [0.1, 0.15) is 12.1 Å². The predicted octanol–water partition coefficient (Wildman–Crippen LogP) is 3.68. The first-order valence-corrected chi connectivity index (χ1v) is 13.3. The minimum absolute atomic E-state index is 0.0772. The lowest BCUT2D eigenvalue weighted by molar-refractivity contribution is -0.143. The van der Waals surface area contributed by atoms with Crippen molar-refractivity contribution in [3.63, 3.8) is 0 Å². The number of carbonyl (C=O) groups excluding carboxylic acids is 3. The highest BCUT2D eigenvalue weighted by Gasteiger charge is 2.43.